The largest absolute Gasteiger partial charge is 0.336 e. The highest BCUT2D eigenvalue weighted by atomic mass is 79.9. The highest BCUT2D eigenvalue weighted by molar-refractivity contribution is 9.11. The molecule has 3 heterocycles. The Hall–Kier alpha value is -2.03. The van der Waals surface area contributed by atoms with Gasteiger partial charge in [0.15, 0.2) is 0 Å². The number of carbonyl (C=O) groups is 1. The summed E-state index contributed by atoms with van der Waals surface area (Å²) < 4.78 is 16.7. The average Bonchev–Trinajstić information content (AvgIpc) is 3.28. The predicted molar refractivity (Wildman–Crippen MR) is 111 cm³/mol. The molecule has 28 heavy (non-hydrogen) atoms. The first-order valence-corrected chi connectivity index (χ1v) is 10.7. The quantitative estimate of drug-likeness (QED) is 0.585. The molecule has 0 atom stereocenters. The summed E-state index contributed by atoms with van der Waals surface area (Å²) >= 11 is 5.24. The molecule has 1 aliphatic rings. The monoisotopic (exact) mass is 462 g/mol. The summed E-state index contributed by atoms with van der Waals surface area (Å²) in [6.07, 6.45) is 1.54. The van der Waals surface area contributed by atoms with E-state index in [2.05, 4.69) is 38.1 Å². The lowest BCUT2D eigenvalue weighted by molar-refractivity contribution is 0.0629. The Morgan fingerprint density at radius 2 is 1.93 bits per heavy atom. The van der Waals surface area contributed by atoms with Crippen molar-refractivity contribution in [1.82, 2.24) is 19.6 Å². The van der Waals surface area contributed by atoms with E-state index in [9.17, 15) is 9.18 Å². The molecule has 5 nitrogen and oxygen atoms in total. The zero-order valence-corrected chi connectivity index (χ0v) is 17.8. The van der Waals surface area contributed by atoms with E-state index >= 15 is 0 Å². The molecule has 8 heteroatoms. The van der Waals surface area contributed by atoms with Crippen LogP contribution in [-0.4, -0.2) is 51.7 Å². The summed E-state index contributed by atoms with van der Waals surface area (Å²) in [4.78, 5) is 18.5. The topological polar surface area (TPSA) is 41.4 Å². The number of hydrogen-bond donors (Lipinski definition) is 0. The number of halogens is 2. The van der Waals surface area contributed by atoms with Crippen LogP contribution in [0.25, 0.3) is 5.69 Å². The van der Waals surface area contributed by atoms with Gasteiger partial charge in [-0.1, -0.05) is 12.1 Å². The maximum absolute atomic E-state index is 14.1. The minimum atomic E-state index is -0.360. The average molecular weight is 463 g/mol. The lowest BCUT2D eigenvalue weighted by Gasteiger charge is -2.34. The standard InChI is InChI=1S/C20H20BrFN4OS/c1-14-16(12-23-26(14)18-5-3-2-4-17(18)22)20(27)25-10-8-24(9-11-25)13-15-6-7-19(21)28-15/h2-7,12H,8-11,13H2,1H3. The predicted octanol–water partition coefficient (Wildman–Crippen LogP) is 4.10. The van der Waals surface area contributed by atoms with Gasteiger partial charge in [0.1, 0.15) is 11.5 Å². The molecule has 1 aromatic carbocycles. The Morgan fingerprint density at radius 1 is 1.18 bits per heavy atom. The first-order valence-electron chi connectivity index (χ1n) is 9.08. The molecule has 0 saturated carbocycles. The van der Waals surface area contributed by atoms with Crippen molar-refractivity contribution < 1.29 is 9.18 Å². The third-order valence-corrected chi connectivity index (χ3v) is 6.60. The van der Waals surface area contributed by atoms with E-state index in [4.69, 9.17) is 0 Å². The number of hydrogen-bond acceptors (Lipinski definition) is 4. The number of aromatic nitrogens is 2. The minimum absolute atomic E-state index is 0.0430. The summed E-state index contributed by atoms with van der Waals surface area (Å²) in [5.74, 6) is -0.403. The highest BCUT2D eigenvalue weighted by Gasteiger charge is 2.25. The van der Waals surface area contributed by atoms with Crippen LogP contribution in [0.4, 0.5) is 4.39 Å². The van der Waals surface area contributed by atoms with Crippen LogP contribution < -0.4 is 0 Å². The summed E-state index contributed by atoms with van der Waals surface area (Å²) in [5.41, 5.74) is 1.53. The van der Waals surface area contributed by atoms with Crippen molar-refractivity contribution >= 4 is 33.2 Å². The van der Waals surface area contributed by atoms with Gasteiger partial charge in [-0.2, -0.15) is 5.10 Å². The fraction of sp³-hybridized carbons (Fsp3) is 0.300. The number of piperazine rings is 1. The Labute approximate surface area is 175 Å². The maximum Gasteiger partial charge on any atom is 0.257 e. The van der Waals surface area contributed by atoms with Gasteiger partial charge in [-0.05, 0) is 47.1 Å². The van der Waals surface area contributed by atoms with E-state index in [-0.39, 0.29) is 11.7 Å². The Morgan fingerprint density at radius 3 is 2.61 bits per heavy atom. The van der Waals surface area contributed by atoms with Crippen molar-refractivity contribution in [2.45, 2.75) is 13.5 Å². The molecular formula is C20H20BrFN4OS. The highest BCUT2D eigenvalue weighted by Crippen LogP contribution is 2.24. The molecule has 0 bridgehead atoms. The van der Waals surface area contributed by atoms with Crippen LogP contribution in [0.1, 0.15) is 20.9 Å². The first-order chi connectivity index (χ1) is 13.5. The maximum atomic E-state index is 14.1. The molecule has 2 aromatic heterocycles. The lowest BCUT2D eigenvalue weighted by Crippen LogP contribution is -2.48. The molecule has 0 N–H and O–H groups in total. The molecule has 0 radical (unpaired) electrons. The zero-order chi connectivity index (χ0) is 19.7. The van der Waals surface area contributed by atoms with Crippen LogP contribution >= 0.6 is 27.3 Å². The summed E-state index contributed by atoms with van der Waals surface area (Å²) in [5, 5.41) is 4.25. The molecule has 1 amide bonds. The van der Waals surface area contributed by atoms with Crippen molar-refractivity contribution in [3.05, 3.63) is 68.3 Å². The molecule has 0 unspecified atom stereocenters. The number of nitrogens with zero attached hydrogens (tertiary/aromatic N) is 4. The number of para-hydroxylation sites is 1. The Kier molecular flexibility index (Phi) is 5.61. The van der Waals surface area contributed by atoms with E-state index in [1.165, 1.54) is 15.6 Å². The Balaban J connectivity index is 1.43. The summed E-state index contributed by atoms with van der Waals surface area (Å²) in [6, 6.07) is 10.6. The molecule has 0 aliphatic carbocycles. The van der Waals surface area contributed by atoms with Gasteiger partial charge in [-0.25, -0.2) is 9.07 Å². The van der Waals surface area contributed by atoms with Crippen LogP contribution in [0.2, 0.25) is 0 Å². The molecule has 3 aromatic rings. The van der Waals surface area contributed by atoms with Gasteiger partial charge in [-0.15, -0.1) is 11.3 Å². The van der Waals surface area contributed by atoms with Crippen LogP contribution in [0, 0.1) is 12.7 Å². The second-order valence-corrected chi connectivity index (χ2v) is 9.33. The summed E-state index contributed by atoms with van der Waals surface area (Å²) in [6.45, 7) is 5.73. The van der Waals surface area contributed by atoms with E-state index in [1.807, 2.05) is 4.90 Å². The van der Waals surface area contributed by atoms with Gasteiger partial charge in [0.2, 0.25) is 0 Å². The number of thiophene rings is 1. The van der Waals surface area contributed by atoms with Crippen molar-refractivity contribution in [2.75, 3.05) is 26.2 Å². The van der Waals surface area contributed by atoms with Gasteiger partial charge in [0.25, 0.3) is 5.91 Å². The van der Waals surface area contributed by atoms with E-state index < -0.39 is 0 Å². The first kappa shape index (κ1) is 19.3. The van der Waals surface area contributed by atoms with Gasteiger partial charge >= 0.3 is 0 Å². The number of benzene rings is 1. The van der Waals surface area contributed by atoms with E-state index in [1.54, 1.807) is 42.7 Å². The van der Waals surface area contributed by atoms with Crippen LogP contribution in [0.15, 0.2) is 46.4 Å². The van der Waals surface area contributed by atoms with Crippen LogP contribution in [0.5, 0.6) is 0 Å². The van der Waals surface area contributed by atoms with Crippen molar-refractivity contribution in [3.63, 3.8) is 0 Å². The van der Waals surface area contributed by atoms with E-state index in [0.717, 1.165) is 23.4 Å². The molecular weight excluding hydrogens is 443 g/mol. The van der Waals surface area contributed by atoms with Gasteiger partial charge in [0, 0.05) is 37.6 Å². The van der Waals surface area contributed by atoms with Crippen molar-refractivity contribution in [3.8, 4) is 5.69 Å². The fourth-order valence-electron chi connectivity index (χ4n) is 3.42. The third kappa shape index (κ3) is 3.90. The minimum Gasteiger partial charge on any atom is -0.336 e. The summed E-state index contributed by atoms with van der Waals surface area (Å²) in [7, 11) is 0. The van der Waals surface area contributed by atoms with Gasteiger partial charge < -0.3 is 4.90 Å². The molecule has 1 fully saturated rings. The Bertz CT molecular complexity index is 994. The fourth-order valence-corrected chi connectivity index (χ4v) is 4.95. The lowest BCUT2D eigenvalue weighted by atomic mass is 10.2. The molecule has 0 spiro atoms. The number of carbonyl (C=O) groups excluding carboxylic acids is 1. The normalized spacial score (nSPS) is 15.2. The van der Waals surface area contributed by atoms with Gasteiger partial charge in [-0.3, -0.25) is 9.69 Å². The number of rotatable bonds is 4. The van der Waals surface area contributed by atoms with Crippen molar-refractivity contribution in [1.29, 1.82) is 0 Å². The zero-order valence-electron chi connectivity index (χ0n) is 15.4. The third-order valence-electron chi connectivity index (χ3n) is 4.99. The molecule has 4 rings (SSSR count). The van der Waals surface area contributed by atoms with E-state index in [0.29, 0.717) is 30.0 Å². The molecule has 1 aliphatic heterocycles. The van der Waals surface area contributed by atoms with Crippen LogP contribution in [-0.2, 0) is 6.54 Å². The molecule has 1 saturated heterocycles. The number of amides is 1. The second kappa shape index (κ2) is 8.14. The molecule has 146 valence electrons. The van der Waals surface area contributed by atoms with Crippen molar-refractivity contribution in [2.24, 2.45) is 0 Å². The van der Waals surface area contributed by atoms with Crippen LogP contribution in [0.3, 0.4) is 0 Å². The smallest absolute Gasteiger partial charge is 0.257 e. The SMILES string of the molecule is Cc1c(C(=O)N2CCN(Cc3ccc(Br)s3)CC2)cnn1-c1ccccc1F. The second-order valence-electron chi connectivity index (χ2n) is 6.78. The van der Waals surface area contributed by atoms with Gasteiger partial charge in [0.05, 0.1) is 21.2 Å².